The second-order valence-corrected chi connectivity index (χ2v) is 4.45. The van der Waals surface area contributed by atoms with Crippen LogP contribution >= 0.6 is 11.3 Å². The summed E-state index contributed by atoms with van der Waals surface area (Å²) in [4.78, 5) is 4.97. The summed E-state index contributed by atoms with van der Waals surface area (Å²) in [6.45, 7) is 1.04. The van der Waals surface area contributed by atoms with Crippen LogP contribution in [0.4, 0.5) is 5.13 Å². The molecule has 4 N–H and O–H groups in total. The third-order valence-corrected chi connectivity index (χ3v) is 2.91. The summed E-state index contributed by atoms with van der Waals surface area (Å²) in [6.07, 6.45) is 1.73. The fourth-order valence-corrected chi connectivity index (χ4v) is 1.86. The molecule has 0 fully saturated rings. The number of rotatable bonds is 4. The van der Waals surface area contributed by atoms with E-state index in [-0.39, 0.29) is 0 Å². The van der Waals surface area contributed by atoms with Gasteiger partial charge < -0.3 is 16.2 Å². The van der Waals surface area contributed by atoms with Gasteiger partial charge in [-0.15, -0.1) is 0 Å². The van der Waals surface area contributed by atoms with Crippen LogP contribution in [0.5, 0.6) is 5.75 Å². The van der Waals surface area contributed by atoms with Gasteiger partial charge in [0.1, 0.15) is 12.4 Å². The number of ether oxygens (including phenoxy) is 1. The molecular formula is C11H13N3OS. The minimum atomic E-state index is 0.497. The van der Waals surface area contributed by atoms with Crippen LogP contribution in [0, 0.1) is 0 Å². The van der Waals surface area contributed by atoms with E-state index in [1.165, 1.54) is 11.3 Å². The van der Waals surface area contributed by atoms with Crippen LogP contribution in [0.15, 0.2) is 30.5 Å². The second-order valence-electron chi connectivity index (χ2n) is 3.30. The van der Waals surface area contributed by atoms with Gasteiger partial charge in [0.25, 0.3) is 0 Å². The van der Waals surface area contributed by atoms with Crippen LogP contribution in [0.25, 0.3) is 0 Å². The van der Waals surface area contributed by atoms with Gasteiger partial charge in [0.15, 0.2) is 5.13 Å². The fraction of sp³-hybridized carbons (Fsp3) is 0.182. The van der Waals surface area contributed by atoms with E-state index in [9.17, 15) is 0 Å². The van der Waals surface area contributed by atoms with Crippen molar-refractivity contribution >= 4 is 16.5 Å². The van der Waals surface area contributed by atoms with Crippen LogP contribution < -0.4 is 16.2 Å². The maximum atomic E-state index is 5.58. The Labute approximate surface area is 97.9 Å². The van der Waals surface area contributed by atoms with Gasteiger partial charge >= 0.3 is 0 Å². The summed E-state index contributed by atoms with van der Waals surface area (Å²) in [7, 11) is 0. The van der Waals surface area contributed by atoms with Gasteiger partial charge in [0.05, 0.1) is 4.88 Å². The lowest BCUT2D eigenvalue weighted by molar-refractivity contribution is 0.309. The largest absolute Gasteiger partial charge is 0.488 e. The molecule has 1 heterocycles. The van der Waals surface area contributed by atoms with Crippen molar-refractivity contribution in [2.75, 3.05) is 5.73 Å². The van der Waals surface area contributed by atoms with Crippen molar-refractivity contribution in [3.05, 3.63) is 40.9 Å². The van der Waals surface area contributed by atoms with Crippen molar-refractivity contribution in [3.8, 4) is 5.75 Å². The standard InChI is InChI=1S/C11H13N3OS/c12-5-8-1-3-9(4-2-8)15-7-10-6-14-11(13)16-10/h1-4,6H,5,7,12H2,(H2,13,14). The number of thiazole rings is 1. The molecule has 0 radical (unpaired) electrons. The molecule has 2 rings (SSSR count). The van der Waals surface area contributed by atoms with Gasteiger partial charge in [-0.1, -0.05) is 23.5 Å². The Morgan fingerprint density at radius 1 is 1.25 bits per heavy atom. The topological polar surface area (TPSA) is 74.2 Å². The van der Waals surface area contributed by atoms with E-state index in [1.54, 1.807) is 6.20 Å². The zero-order chi connectivity index (χ0) is 11.4. The van der Waals surface area contributed by atoms with Gasteiger partial charge in [-0.05, 0) is 17.7 Å². The van der Waals surface area contributed by atoms with Gasteiger partial charge in [0.2, 0.25) is 0 Å². The first kappa shape index (κ1) is 10.9. The summed E-state index contributed by atoms with van der Waals surface area (Å²) in [6, 6.07) is 7.73. The highest BCUT2D eigenvalue weighted by Gasteiger charge is 2.00. The summed E-state index contributed by atoms with van der Waals surface area (Å²) < 4.78 is 5.58. The van der Waals surface area contributed by atoms with Crippen molar-refractivity contribution in [1.29, 1.82) is 0 Å². The molecule has 0 saturated heterocycles. The van der Waals surface area contributed by atoms with Gasteiger partial charge in [-0.25, -0.2) is 4.98 Å². The SMILES string of the molecule is NCc1ccc(OCc2cnc(N)s2)cc1. The smallest absolute Gasteiger partial charge is 0.180 e. The Balaban J connectivity index is 1.94. The number of benzene rings is 1. The molecule has 0 bridgehead atoms. The van der Waals surface area contributed by atoms with Crippen LogP contribution in [0.2, 0.25) is 0 Å². The van der Waals surface area contributed by atoms with Crippen molar-refractivity contribution in [2.45, 2.75) is 13.2 Å². The van der Waals surface area contributed by atoms with E-state index in [0.29, 0.717) is 18.3 Å². The number of nitrogens with two attached hydrogens (primary N) is 2. The lowest BCUT2D eigenvalue weighted by Gasteiger charge is -2.04. The van der Waals surface area contributed by atoms with Crippen molar-refractivity contribution in [1.82, 2.24) is 4.98 Å². The first-order valence-electron chi connectivity index (χ1n) is 4.90. The molecule has 0 aliphatic carbocycles. The monoisotopic (exact) mass is 235 g/mol. The van der Waals surface area contributed by atoms with E-state index in [1.807, 2.05) is 24.3 Å². The molecule has 0 spiro atoms. The number of aromatic nitrogens is 1. The van der Waals surface area contributed by atoms with Crippen LogP contribution in [-0.2, 0) is 13.2 Å². The zero-order valence-electron chi connectivity index (χ0n) is 8.72. The Hall–Kier alpha value is -1.59. The number of nitrogen functional groups attached to an aromatic ring is 1. The summed E-state index contributed by atoms with van der Waals surface area (Å²) in [5.41, 5.74) is 12.1. The van der Waals surface area contributed by atoms with Crippen LogP contribution in [0.1, 0.15) is 10.4 Å². The third-order valence-electron chi connectivity index (χ3n) is 2.11. The van der Waals surface area contributed by atoms with Gasteiger partial charge in [-0.3, -0.25) is 0 Å². The Bertz CT molecular complexity index is 453. The van der Waals surface area contributed by atoms with E-state index >= 15 is 0 Å². The molecule has 16 heavy (non-hydrogen) atoms. The average molecular weight is 235 g/mol. The van der Waals surface area contributed by atoms with Crippen LogP contribution in [-0.4, -0.2) is 4.98 Å². The first-order valence-corrected chi connectivity index (χ1v) is 5.71. The summed E-state index contributed by atoms with van der Waals surface area (Å²) in [5, 5.41) is 0.567. The fourth-order valence-electron chi connectivity index (χ4n) is 1.27. The zero-order valence-corrected chi connectivity index (χ0v) is 9.54. The van der Waals surface area contributed by atoms with E-state index in [4.69, 9.17) is 16.2 Å². The third kappa shape index (κ3) is 2.71. The van der Waals surface area contributed by atoms with Crippen molar-refractivity contribution in [3.63, 3.8) is 0 Å². The molecule has 5 heteroatoms. The maximum Gasteiger partial charge on any atom is 0.180 e. The molecule has 2 aromatic rings. The molecule has 1 aromatic heterocycles. The summed E-state index contributed by atoms with van der Waals surface area (Å²) in [5.74, 6) is 0.823. The molecule has 0 atom stereocenters. The van der Waals surface area contributed by atoms with Crippen molar-refractivity contribution < 1.29 is 4.74 Å². The molecule has 0 unspecified atom stereocenters. The molecule has 4 nitrogen and oxygen atoms in total. The van der Waals surface area contributed by atoms with E-state index in [0.717, 1.165) is 16.2 Å². The highest BCUT2D eigenvalue weighted by Crippen LogP contribution is 2.18. The molecule has 0 amide bonds. The molecular weight excluding hydrogens is 222 g/mol. The van der Waals surface area contributed by atoms with E-state index in [2.05, 4.69) is 4.98 Å². The number of hydrogen-bond donors (Lipinski definition) is 2. The number of hydrogen-bond acceptors (Lipinski definition) is 5. The predicted molar refractivity (Wildman–Crippen MR) is 65.2 cm³/mol. The summed E-state index contributed by atoms with van der Waals surface area (Å²) >= 11 is 1.44. The lowest BCUT2D eigenvalue weighted by Crippen LogP contribution is -1.96. The number of nitrogens with zero attached hydrogens (tertiary/aromatic N) is 1. The Morgan fingerprint density at radius 3 is 2.56 bits per heavy atom. The van der Waals surface area contributed by atoms with Crippen LogP contribution in [0.3, 0.4) is 0 Å². The highest BCUT2D eigenvalue weighted by molar-refractivity contribution is 7.15. The number of anilines is 1. The first-order chi connectivity index (χ1) is 7.78. The van der Waals surface area contributed by atoms with Crippen molar-refractivity contribution in [2.24, 2.45) is 5.73 Å². The highest BCUT2D eigenvalue weighted by atomic mass is 32.1. The molecule has 0 saturated carbocycles. The lowest BCUT2D eigenvalue weighted by atomic mass is 10.2. The minimum Gasteiger partial charge on any atom is -0.488 e. The molecule has 1 aromatic carbocycles. The van der Waals surface area contributed by atoms with Gasteiger partial charge in [0, 0.05) is 12.7 Å². The Kier molecular flexibility index (Phi) is 3.38. The maximum absolute atomic E-state index is 5.58. The quantitative estimate of drug-likeness (QED) is 0.846. The normalized spacial score (nSPS) is 10.3. The molecule has 0 aliphatic rings. The minimum absolute atomic E-state index is 0.497. The molecule has 0 aliphatic heterocycles. The Morgan fingerprint density at radius 2 is 2.00 bits per heavy atom. The van der Waals surface area contributed by atoms with E-state index < -0.39 is 0 Å². The molecule has 84 valence electrons. The second kappa shape index (κ2) is 4.96. The predicted octanol–water partition coefficient (Wildman–Crippen LogP) is 1.76. The average Bonchev–Trinajstić information content (AvgIpc) is 2.73. The van der Waals surface area contributed by atoms with Gasteiger partial charge in [-0.2, -0.15) is 0 Å².